The van der Waals surface area contributed by atoms with Crippen molar-refractivity contribution in [3.05, 3.63) is 41.3 Å². The Morgan fingerprint density at radius 2 is 1.81 bits per heavy atom. The molecule has 3 saturated carbocycles. The molecule has 4 N–H and O–H groups in total. The largest absolute Gasteiger partial charge is 0.491 e. The van der Waals surface area contributed by atoms with Gasteiger partial charge < -0.3 is 44.9 Å². The number of hydrogen-bond acceptors (Lipinski definition) is 13. The zero-order chi connectivity index (χ0) is 44.8. The van der Waals surface area contributed by atoms with Crippen molar-refractivity contribution in [2.45, 2.75) is 103 Å². The molecular formula is C45H58ClN7O9S. The first kappa shape index (κ1) is 44.9. The van der Waals surface area contributed by atoms with Crippen LogP contribution in [0.2, 0.25) is 5.02 Å². The lowest BCUT2D eigenvalue weighted by Gasteiger charge is -2.35. The van der Waals surface area contributed by atoms with Crippen molar-refractivity contribution in [2.24, 2.45) is 23.2 Å². The van der Waals surface area contributed by atoms with Gasteiger partial charge >= 0.3 is 12.1 Å². The van der Waals surface area contributed by atoms with Crippen LogP contribution in [0.3, 0.4) is 0 Å². The van der Waals surface area contributed by atoms with Crippen LogP contribution in [0.1, 0.15) is 66.7 Å². The van der Waals surface area contributed by atoms with Gasteiger partial charge in [0, 0.05) is 54.8 Å². The molecule has 8 rings (SSSR count). The number of aliphatic carboxylic acids is 1. The maximum atomic E-state index is 14.8. The van der Waals surface area contributed by atoms with Gasteiger partial charge in [-0.2, -0.15) is 0 Å². The molecule has 2 aliphatic heterocycles. The van der Waals surface area contributed by atoms with Gasteiger partial charge in [-0.1, -0.05) is 38.4 Å². The molecule has 5 fully saturated rings. The zero-order valence-corrected chi connectivity index (χ0v) is 38.1. The molecule has 1 unspecified atom stereocenters. The van der Waals surface area contributed by atoms with Crippen molar-refractivity contribution in [1.82, 2.24) is 30.4 Å². The summed E-state index contributed by atoms with van der Waals surface area (Å²) in [5.74, 6) is -0.784. The fourth-order valence-corrected chi connectivity index (χ4v) is 10.2. The average Bonchev–Trinajstić information content (AvgIpc) is 3.91. The number of carbonyl (C=O) groups excluding carboxylic acids is 3. The molecule has 18 heteroatoms. The summed E-state index contributed by atoms with van der Waals surface area (Å²) in [5.41, 5.74) is -0.841. The predicted octanol–water partition coefficient (Wildman–Crippen LogP) is 5.98. The lowest BCUT2D eigenvalue weighted by atomic mass is 9.85. The molecule has 3 aromatic rings. The Morgan fingerprint density at radius 1 is 1.06 bits per heavy atom. The van der Waals surface area contributed by atoms with Crippen LogP contribution in [0.15, 0.2) is 36.2 Å². The Labute approximate surface area is 376 Å². The second-order valence-electron chi connectivity index (χ2n) is 18.9. The van der Waals surface area contributed by atoms with E-state index in [1.54, 1.807) is 12.1 Å². The van der Waals surface area contributed by atoms with E-state index < -0.39 is 58.9 Å². The number of aromatic nitrogens is 2. The molecular weight excluding hydrogens is 850 g/mol. The summed E-state index contributed by atoms with van der Waals surface area (Å²) in [6, 6.07) is 3.30. The molecule has 16 nitrogen and oxygen atoms in total. The lowest BCUT2D eigenvalue weighted by molar-refractivity contribution is -0.146. The van der Waals surface area contributed by atoms with Gasteiger partial charge in [0.05, 0.1) is 31.0 Å². The van der Waals surface area contributed by atoms with Gasteiger partial charge in [-0.15, -0.1) is 17.9 Å². The number of alkyl carbamates (subject to hydrolysis) is 1. The number of nitrogens with one attached hydrogen (secondary N) is 3. The molecule has 3 aliphatic carbocycles. The molecule has 4 heterocycles. The van der Waals surface area contributed by atoms with Gasteiger partial charge in [-0.3, -0.25) is 14.5 Å². The van der Waals surface area contributed by atoms with Crippen LogP contribution in [0.25, 0.3) is 22.3 Å². The van der Waals surface area contributed by atoms with Crippen molar-refractivity contribution in [2.75, 3.05) is 51.3 Å². The lowest BCUT2D eigenvalue weighted by Crippen LogP contribution is -2.59. The van der Waals surface area contributed by atoms with Crippen LogP contribution >= 0.6 is 22.9 Å². The topological polar surface area (TPSA) is 194 Å². The fourth-order valence-electron chi connectivity index (χ4n) is 9.11. The molecule has 0 radical (unpaired) electrons. The van der Waals surface area contributed by atoms with Crippen molar-refractivity contribution < 1.29 is 43.2 Å². The van der Waals surface area contributed by atoms with E-state index >= 15 is 0 Å². The first-order chi connectivity index (χ1) is 30.0. The molecule has 0 spiro atoms. The minimum absolute atomic E-state index is 0.0208. The predicted molar refractivity (Wildman–Crippen MR) is 238 cm³/mol. The number of carboxylic acid groups (broad SMARTS) is 1. The average molecular weight is 909 g/mol. The third-order valence-corrected chi connectivity index (χ3v) is 14.0. The normalized spacial score (nSPS) is 27.1. The van der Waals surface area contributed by atoms with E-state index in [-0.39, 0.29) is 31.5 Å². The minimum atomic E-state index is -1.54. The quantitative estimate of drug-likeness (QED) is 0.123. The first-order valence-electron chi connectivity index (χ1n) is 21.9. The molecule has 8 atom stereocenters. The number of hydrogen-bond donors (Lipinski definition) is 4. The van der Waals surface area contributed by atoms with Crippen LogP contribution in [0, 0.1) is 23.2 Å². The Hall–Kier alpha value is -4.71. The SMILES string of the molecule is C=C[C@@H]1C[C@]1(NC(=O)[C@@H]1C[C@@H](Oc2cc(-c3csc(NC(C)C)n3)nc3c(Cl)c(OCCN4CCOCC4)ccc23)CN1C(=O)[C@@H](NC(=O)OC1C[C@@H]2C[C@@H]2C1)C(C)(C)C)C(=O)O. The van der Waals surface area contributed by atoms with Crippen molar-refractivity contribution in [3.8, 4) is 22.9 Å². The Bertz CT molecular complexity index is 2230. The summed E-state index contributed by atoms with van der Waals surface area (Å²) in [6.07, 6.45) is 2.85. The second kappa shape index (κ2) is 18.0. The number of nitrogens with zero attached hydrogens (tertiary/aromatic N) is 4. The number of pyridine rings is 1. The van der Waals surface area contributed by atoms with E-state index in [0.717, 1.165) is 25.9 Å². The van der Waals surface area contributed by atoms with Gasteiger partial charge in [-0.25, -0.2) is 19.6 Å². The van der Waals surface area contributed by atoms with Gasteiger partial charge in [0.2, 0.25) is 11.8 Å². The summed E-state index contributed by atoms with van der Waals surface area (Å²) in [5, 5.41) is 22.6. The fraction of sp³-hybridized carbons (Fsp3) is 0.600. The van der Waals surface area contributed by atoms with E-state index in [1.807, 2.05) is 46.1 Å². The number of anilines is 1. The van der Waals surface area contributed by atoms with E-state index in [1.165, 1.54) is 28.7 Å². The molecule has 340 valence electrons. The number of morpholine rings is 1. The van der Waals surface area contributed by atoms with Crippen molar-refractivity contribution >= 4 is 62.8 Å². The van der Waals surface area contributed by atoms with Crippen LogP contribution in [-0.4, -0.2) is 131 Å². The highest BCUT2D eigenvalue weighted by Crippen LogP contribution is 2.52. The van der Waals surface area contributed by atoms with Crippen LogP contribution in [0.4, 0.5) is 9.93 Å². The minimum Gasteiger partial charge on any atom is -0.491 e. The summed E-state index contributed by atoms with van der Waals surface area (Å²) in [4.78, 5) is 68.4. The van der Waals surface area contributed by atoms with Crippen LogP contribution in [-0.2, 0) is 23.9 Å². The van der Waals surface area contributed by atoms with Gasteiger partial charge in [0.15, 0.2) is 5.13 Å². The summed E-state index contributed by atoms with van der Waals surface area (Å²) in [7, 11) is 0. The Morgan fingerprint density at radius 3 is 2.48 bits per heavy atom. The summed E-state index contributed by atoms with van der Waals surface area (Å²) >= 11 is 8.54. The number of benzene rings is 1. The number of likely N-dealkylation sites (tertiary alicyclic amines) is 1. The van der Waals surface area contributed by atoms with Crippen LogP contribution in [0.5, 0.6) is 11.5 Å². The number of ether oxygens (including phenoxy) is 4. The first-order valence-corrected chi connectivity index (χ1v) is 23.2. The second-order valence-corrected chi connectivity index (χ2v) is 20.1. The smallest absolute Gasteiger partial charge is 0.408 e. The van der Waals surface area contributed by atoms with E-state index in [4.69, 9.17) is 40.5 Å². The molecule has 1 aromatic carbocycles. The monoisotopic (exact) mass is 907 g/mol. The third-order valence-electron chi connectivity index (χ3n) is 12.8. The van der Waals surface area contributed by atoms with Gasteiger partial charge in [0.25, 0.3) is 0 Å². The maximum Gasteiger partial charge on any atom is 0.408 e. The van der Waals surface area contributed by atoms with Crippen molar-refractivity contribution in [3.63, 3.8) is 0 Å². The third kappa shape index (κ3) is 9.86. The number of carbonyl (C=O) groups is 4. The highest BCUT2D eigenvalue weighted by molar-refractivity contribution is 7.14. The standard InChI is InChI=1S/C45H58ClN7O9S/c1-7-27-21-45(27,41(56)57)51-39(54)33-19-29(22-53(33)40(55)38(44(4,5)6)50-43(58)62-28-17-25-16-26(25)18-28)61-35-20-31(32-23-63-42(49-32)47-24(2)3)48-37-30(35)8-9-34(36(37)46)60-15-12-52-10-13-59-14-11-52/h7-9,20,23-29,33,38H,1,10-19,21-22H2,2-6H3,(H,47,49)(H,50,58)(H,51,54)(H,56,57)/t25-,26+,27-,28?,29-,33+,38-,45-/m1/s1. The highest BCUT2D eigenvalue weighted by atomic mass is 35.5. The number of amides is 3. The maximum absolute atomic E-state index is 14.8. The zero-order valence-electron chi connectivity index (χ0n) is 36.5. The summed E-state index contributed by atoms with van der Waals surface area (Å²) in [6.45, 7) is 17.3. The number of thiazole rings is 1. The Balaban J connectivity index is 1.09. The number of carboxylic acids is 1. The number of halogens is 1. The molecule has 2 aromatic heterocycles. The van der Waals surface area contributed by atoms with Crippen LogP contribution < -0.4 is 25.4 Å². The van der Waals surface area contributed by atoms with E-state index in [0.29, 0.717) is 82.1 Å². The summed E-state index contributed by atoms with van der Waals surface area (Å²) < 4.78 is 24.3. The van der Waals surface area contributed by atoms with E-state index in [9.17, 15) is 24.3 Å². The Kier molecular flexibility index (Phi) is 12.9. The van der Waals surface area contributed by atoms with Crippen molar-refractivity contribution in [1.29, 1.82) is 0 Å². The number of rotatable bonds is 16. The molecule has 0 bridgehead atoms. The van der Waals surface area contributed by atoms with E-state index in [2.05, 4.69) is 27.4 Å². The molecule has 2 saturated heterocycles. The molecule has 5 aliphatic rings. The van der Waals surface area contributed by atoms with Gasteiger partial charge in [-0.05, 0) is 68.9 Å². The number of fused-ring (bicyclic) bond motifs is 2. The highest BCUT2D eigenvalue weighted by Gasteiger charge is 2.61. The molecule has 3 amide bonds. The molecule has 63 heavy (non-hydrogen) atoms. The van der Waals surface area contributed by atoms with Gasteiger partial charge in [0.1, 0.15) is 58.7 Å².